The lowest BCUT2D eigenvalue weighted by molar-refractivity contribution is 0.102. The molecule has 0 saturated carbocycles. The normalized spacial score (nSPS) is 14.0. The first-order valence-electron chi connectivity index (χ1n) is 8.95. The molecule has 4 rings (SSSR count). The Hall–Kier alpha value is -3.69. The fraction of sp³-hybridized carbons (Fsp3) is 0.211. The van der Waals surface area contributed by atoms with Crippen LogP contribution in [-0.4, -0.2) is 52.0 Å². The first-order chi connectivity index (χ1) is 14.1. The van der Waals surface area contributed by atoms with Crippen molar-refractivity contribution in [2.24, 2.45) is 0 Å². The van der Waals surface area contributed by atoms with Gasteiger partial charge in [-0.1, -0.05) is 0 Å². The molecule has 0 spiro atoms. The van der Waals surface area contributed by atoms with Crippen LogP contribution in [0.1, 0.15) is 10.5 Å². The largest absolute Gasteiger partial charge is 0.352 e. The first kappa shape index (κ1) is 18.7. The Morgan fingerprint density at radius 1 is 0.931 bits per heavy atom. The minimum Gasteiger partial charge on any atom is -0.352 e. The molecule has 148 valence electrons. The molecule has 1 amide bonds. The molecule has 0 bridgehead atoms. The molecule has 1 aliphatic rings. The maximum Gasteiger partial charge on any atom is 0.275 e. The van der Waals surface area contributed by atoms with Crippen LogP contribution in [-0.2, 0) is 0 Å². The summed E-state index contributed by atoms with van der Waals surface area (Å²) in [6.07, 6.45) is 6.26. The van der Waals surface area contributed by atoms with Crippen molar-refractivity contribution in [3.8, 4) is 0 Å². The monoisotopic (exact) mass is 397 g/mol. The highest BCUT2D eigenvalue weighted by atomic mass is 19.1. The summed E-state index contributed by atoms with van der Waals surface area (Å²) in [6, 6.07) is 4.69. The van der Waals surface area contributed by atoms with Gasteiger partial charge in [-0.15, -0.1) is 0 Å². The van der Waals surface area contributed by atoms with Crippen molar-refractivity contribution in [3.05, 3.63) is 66.4 Å². The summed E-state index contributed by atoms with van der Waals surface area (Å²) in [5.74, 6) is -0.867. The Kier molecular flexibility index (Phi) is 5.23. The number of hydrogen-bond donors (Lipinski definition) is 1. The zero-order chi connectivity index (χ0) is 20.2. The van der Waals surface area contributed by atoms with E-state index in [4.69, 9.17) is 0 Å². The predicted octanol–water partition coefficient (Wildman–Crippen LogP) is 2.12. The number of nitrogens with one attached hydrogen (secondary N) is 1. The number of hydrogen-bond acceptors (Lipinski definition) is 7. The Balaban J connectivity index is 1.37. The average Bonchev–Trinajstić information content (AvgIpc) is 2.76. The van der Waals surface area contributed by atoms with Crippen LogP contribution in [0.3, 0.4) is 0 Å². The number of rotatable bonds is 4. The van der Waals surface area contributed by atoms with E-state index in [-0.39, 0.29) is 11.4 Å². The van der Waals surface area contributed by atoms with Gasteiger partial charge in [-0.25, -0.2) is 28.7 Å². The van der Waals surface area contributed by atoms with E-state index in [0.29, 0.717) is 30.9 Å². The Labute approximate surface area is 165 Å². The Bertz CT molecular complexity index is 993. The second-order valence-electron chi connectivity index (χ2n) is 6.36. The molecule has 1 fully saturated rings. The number of halogens is 2. The van der Waals surface area contributed by atoms with Crippen molar-refractivity contribution in [1.82, 2.24) is 19.9 Å². The Morgan fingerprint density at radius 3 is 2.31 bits per heavy atom. The van der Waals surface area contributed by atoms with Crippen molar-refractivity contribution < 1.29 is 13.6 Å². The topological polar surface area (TPSA) is 87.1 Å². The molecule has 0 atom stereocenters. The van der Waals surface area contributed by atoms with Crippen molar-refractivity contribution in [2.75, 3.05) is 41.3 Å². The molecule has 3 aromatic rings. The number of amides is 1. The maximum atomic E-state index is 13.7. The number of anilines is 3. The molecular formula is C19H17F2N7O. The van der Waals surface area contributed by atoms with E-state index in [1.807, 2.05) is 4.90 Å². The van der Waals surface area contributed by atoms with Gasteiger partial charge in [0, 0.05) is 44.6 Å². The number of piperazine rings is 1. The fourth-order valence-electron chi connectivity index (χ4n) is 2.97. The molecule has 0 aliphatic carbocycles. The summed E-state index contributed by atoms with van der Waals surface area (Å²) in [7, 11) is 0. The molecule has 3 heterocycles. The van der Waals surface area contributed by atoms with Crippen LogP contribution in [0.4, 0.5) is 26.2 Å². The maximum absolute atomic E-state index is 13.7. The molecule has 1 aliphatic heterocycles. The lowest BCUT2D eigenvalue weighted by Crippen LogP contribution is -2.47. The van der Waals surface area contributed by atoms with Gasteiger partial charge in [0.2, 0.25) is 5.95 Å². The zero-order valence-corrected chi connectivity index (χ0v) is 15.3. The minimum absolute atomic E-state index is 0.0359. The van der Waals surface area contributed by atoms with Gasteiger partial charge in [-0.05, 0) is 18.2 Å². The first-order valence-corrected chi connectivity index (χ1v) is 8.95. The summed E-state index contributed by atoms with van der Waals surface area (Å²) in [5.41, 5.74) is -0.0877. The zero-order valence-electron chi connectivity index (χ0n) is 15.3. The van der Waals surface area contributed by atoms with Gasteiger partial charge in [0.05, 0.1) is 18.1 Å². The van der Waals surface area contributed by atoms with E-state index in [1.165, 1.54) is 12.4 Å². The molecule has 8 nitrogen and oxygen atoms in total. The fourth-order valence-corrected chi connectivity index (χ4v) is 2.97. The highest BCUT2D eigenvalue weighted by Crippen LogP contribution is 2.17. The van der Waals surface area contributed by atoms with E-state index in [0.717, 1.165) is 25.2 Å². The SMILES string of the molecule is O=C(Nc1ccc(F)cc1F)c1cnc(N2CCN(c3ncccn3)CC2)cn1. The van der Waals surface area contributed by atoms with Crippen molar-refractivity contribution in [3.63, 3.8) is 0 Å². The van der Waals surface area contributed by atoms with E-state index >= 15 is 0 Å². The van der Waals surface area contributed by atoms with Crippen molar-refractivity contribution in [1.29, 1.82) is 0 Å². The van der Waals surface area contributed by atoms with Gasteiger partial charge in [0.15, 0.2) is 0 Å². The van der Waals surface area contributed by atoms with Crippen molar-refractivity contribution in [2.45, 2.75) is 0 Å². The van der Waals surface area contributed by atoms with Crippen LogP contribution in [0.2, 0.25) is 0 Å². The highest BCUT2D eigenvalue weighted by molar-refractivity contribution is 6.02. The summed E-state index contributed by atoms with van der Waals surface area (Å²) >= 11 is 0. The summed E-state index contributed by atoms with van der Waals surface area (Å²) in [5, 5.41) is 2.36. The Morgan fingerprint density at radius 2 is 1.66 bits per heavy atom. The van der Waals surface area contributed by atoms with Crippen LogP contribution in [0.25, 0.3) is 0 Å². The van der Waals surface area contributed by atoms with Crippen LogP contribution in [0.5, 0.6) is 0 Å². The molecule has 1 N–H and O–H groups in total. The lowest BCUT2D eigenvalue weighted by Gasteiger charge is -2.35. The standard InChI is InChI=1S/C19H17F2N7O/c20-13-2-3-15(14(21)10-13)26-18(29)16-11-25-17(12-24-16)27-6-8-28(9-7-27)19-22-4-1-5-23-19/h1-5,10-12H,6-9H2,(H,26,29). The lowest BCUT2D eigenvalue weighted by atomic mass is 10.3. The number of carbonyl (C=O) groups excluding carboxylic acids is 1. The third-order valence-corrected chi connectivity index (χ3v) is 4.49. The minimum atomic E-state index is -0.858. The molecule has 0 unspecified atom stereocenters. The quantitative estimate of drug-likeness (QED) is 0.722. The summed E-state index contributed by atoms with van der Waals surface area (Å²) < 4.78 is 26.6. The second kappa shape index (κ2) is 8.13. The van der Waals surface area contributed by atoms with E-state index in [9.17, 15) is 13.6 Å². The number of aromatic nitrogens is 4. The molecule has 0 radical (unpaired) electrons. The number of benzene rings is 1. The molecular weight excluding hydrogens is 380 g/mol. The smallest absolute Gasteiger partial charge is 0.275 e. The van der Waals surface area contributed by atoms with E-state index < -0.39 is 17.5 Å². The van der Waals surface area contributed by atoms with Crippen molar-refractivity contribution >= 4 is 23.4 Å². The van der Waals surface area contributed by atoms with Gasteiger partial charge in [0.1, 0.15) is 23.1 Å². The summed E-state index contributed by atoms with van der Waals surface area (Å²) in [6.45, 7) is 2.88. The third kappa shape index (κ3) is 4.26. The predicted molar refractivity (Wildman–Crippen MR) is 103 cm³/mol. The molecule has 29 heavy (non-hydrogen) atoms. The van der Waals surface area contributed by atoms with Gasteiger partial charge < -0.3 is 15.1 Å². The molecule has 1 aromatic carbocycles. The van der Waals surface area contributed by atoms with Crippen LogP contribution in [0, 0.1) is 11.6 Å². The summed E-state index contributed by atoms with van der Waals surface area (Å²) in [4.78, 5) is 33.3. The number of carbonyl (C=O) groups is 1. The third-order valence-electron chi connectivity index (χ3n) is 4.49. The number of nitrogens with zero attached hydrogens (tertiary/aromatic N) is 6. The van der Waals surface area contributed by atoms with Crippen LogP contribution in [0.15, 0.2) is 49.1 Å². The average molecular weight is 397 g/mol. The van der Waals surface area contributed by atoms with Gasteiger partial charge in [0.25, 0.3) is 5.91 Å². The van der Waals surface area contributed by atoms with Gasteiger partial charge in [-0.2, -0.15) is 0 Å². The molecule has 1 saturated heterocycles. The highest BCUT2D eigenvalue weighted by Gasteiger charge is 2.20. The van der Waals surface area contributed by atoms with Gasteiger partial charge >= 0.3 is 0 Å². The van der Waals surface area contributed by atoms with Crippen LogP contribution >= 0.6 is 0 Å². The van der Waals surface area contributed by atoms with Gasteiger partial charge in [-0.3, -0.25) is 4.79 Å². The molecule has 10 heteroatoms. The second-order valence-corrected chi connectivity index (χ2v) is 6.36. The van der Waals surface area contributed by atoms with E-state index in [1.54, 1.807) is 18.5 Å². The van der Waals surface area contributed by atoms with Crippen LogP contribution < -0.4 is 15.1 Å². The van der Waals surface area contributed by atoms with E-state index in [2.05, 4.69) is 30.2 Å². The molecule has 2 aromatic heterocycles.